The summed E-state index contributed by atoms with van der Waals surface area (Å²) in [5.41, 5.74) is 0.606. The maximum Gasteiger partial charge on any atom is 0.242 e. The molecule has 0 amide bonds. The van der Waals surface area contributed by atoms with Crippen LogP contribution in [0.15, 0.2) is 29.2 Å². The molecule has 5 nitrogen and oxygen atoms in total. The number of hydrogen-bond donors (Lipinski definition) is 2. The molecule has 21 heavy (non-hydrogen) atoms. The third-order valence-corrected chi connectivity index (χ3v) is 4.25. The summed E-state index contributed by atoms with van der Waals surface area (Å²) in [6.45, 7) is 8.39. The topological polar surface area (TPSA) is 67.4 Å². The molecule has 1 rings (SSSR count). The summed E-state index contributed by atoms with van der Waals surface area (Å²) >= 11 is 0. The molecular formula is C15H26N2O3S. The highest BCUT2D eigenvalue weighted by atomic mass is 32.2. The maximum atomic E-state index is 12.2. The van der Waals surface area contributed by atoms with E-state index in [-0.39, 0.29) is 4.90 Å². The molecule has 0 atom stereocenters. The Hall–Kier alpha value is -1.11. The zero-order valence-electron chi connectivity index (χ0n) is 13.1. The van der Waals surface area contributed by atoms with Gasteiger partial charge < -0.3 is 10.1 Å². The highest BCUT2D eigenvalue weighted by Crippen LogP contribution is 2.20. The van der Waals surface area contributed by atoms with Crippen molar-refractivity contribution in [2.75, 3.05) is 31.6 Å². The van der Waals surface area contributed by atoms with Gasteiger partial charge in [0.2, 0.25) is 10.0 Å². The van der Waals surface area contributed by atoms with E-state index >= 15 is 0 Å². The van der Waals surface area contributed by atoms with E-state index in [1.165, 1.54) is 0 Å². The van der Waals surface area contributed by atoms with Gasteiger partial charge in [-0.3, -0.25) is 0 Å². The number of ether oxygens (including phenoxy) is 1. The second-order valence-electron chi connectivity index (χ2n) is 5.29. The summed E-state index contributed by atoms with van der Waals surface area (Å²) in [7, 11) is -3.46. The molecule has 0 aromatic heterocycles. The molecule has 1 aromatic carbocycles. The average Bonchev–Trinajstić information content (AvgIpc) is 2.45. The Morgan fingerprint density at radius 1 is 1.19 bits per heavy atom. The van der Waals surface area contributed by atoms with Crippen molar-refractivity contribution in [3.63, 3.8) is 0 Å². The standard InChI is InChI=1S/C15H26N2O3S/c1-4-9-17-21(18,19)15-8-6-5-7-14(15)16-10-11-20-12-13(2)3/h5-8,13,16-17H,4,9-12H2,1-3H3. The Morgan fingerprint density at radius 2 is 1.90 bits per heavy atom. The number of para-hydroxylation sites is 1. The smallest absolute Gasteiger partial charge is 0.242 e. The zero-order valence-corrected chi connectivity index (χ0v) is 13.9. The van der Waals surface area contributed by atoms with Crippen molar-refractivity contribution in [2.24, 2.45) is 5.92 Å². The minimum atomic E-state index is -3.46. The van der Waals surface area contributed by atoms with Crippen LogP contribution in [0.5, 0.6) is 0 Å². The lowest BCUT2D eigenvalue weighted by Crippen LogP contribution is -2.25. The number of nitrogens with one attached hydrogen (secondary N) is 2. The van der Waals surface area contributed by atoms with E-state index in [4.69, 9.17) is 4.74 Å². The highest BCUT2D eigenvalue weighted by molar-refractivity contribution is 7.89. The zero-order chi connectivity index (χ0) is 15.7. The van der Waals surface area contributed by atoms with E-state index < -0.39 is 10.0 Å². The lowest BCUT2D eigenvalue weighted by Gasteiger charge is -2.13. The summed E-state index contributed by atoms with van der Waals surface area (Å²) in [6, 6.07) is 6.91. The molecule has 0 saturated heterocycles. The van der Waals surface area contributed by atoms with Crippen LogP contribution in [-0.2, 0) is 14.8 Å². The monoisotopic (exact) mass is 314 g/mol. The van der Waals surface area contributed by atoms with Gasteiger partial charge in [-0.25, -0.2) is 13.1 Å². The van der Waals surface area contributed by atoms with Crippen LogP contribution in [0.4, 0.5) is 5.69 Å². The Bertz CT molecular complexity index is 515. The van der Waals surface area contributed by atoms with Crippen LogP contribution in [-0.4, -0.2) is 34.7 Å². The highest BCUT2D eigenvalue weighted by Gasteiger charge is 2.16. The molecule has 120 valence electrons. The van der Waals surface area contributed by atoms with E-state index in [1.54, 1.807) is 18.2 Å². The van der Waals surface area contributed by atoms with Crippen LogP contribution in [0.3, 0.4) is 0 Å². The van der Waals surface area contributed by atoms with Crippen molar-refractivity contribution in [3.8, 4) is 0 Å². The van der Waals surface area contributed by atoms with Crippen molar-refractivity contribution < 1.29 is 13.2 Å². The number of rotatable bonds is 10. The molecule has 0 aliphatic rings. The minimum absolute atomic E-state index is 0.280. The molecule has 0 fully saturated rings. The molecule has 0 unspecified atom stereocenters. The quantitative estimate of drug-likeness (QED) is 0.651. The summed E-state index contributed by atoms with van der Waals surface area (Å²) in [5, 5.41) is 3.13. The lowest BCUT2D eigenvalue weighted by atomic mass is 10.2. The molecule has 0 aliphatic heterocycles. The number of sulfonamides is 1. The van der Waals surface area contributed by atoms with Gasteiger partial charge in [0.05, 0.1) is 12.3 Å². The van der Waals surface area contributed by atoms with Crippen molar-refractivity contribution in [3.05, 3.63) is 24.3 Å². The predicted octanol–water partition coefficient (Wildman–Crippen LogP) is 2.46. The Balaban J connectivity index is 2.63. The SMILES string of the molecule is CCCNS(=O)(=O)c1ccccc1NCCOCC(C)C. The fraction of sp³-hybridized carbons (Fsp3) is 0.600. The Labute approximate surface area is 128 Å². The molecule has 2 N–H and O–H groups in total. The van der Waals surface area contributed by atoms with Crippen LogP contribution in [0.1, 0.15) is 27.2 Å². The van der Waals surface area contributed by atoms with Gasteiger partial charge in [-0.1, -0.05) is 32.9 Å². The fourth-order valence-corrected chi connectivity index (χ4v) is 3.05. The molecule has 0 aliphatic carbocycles. The van der Waals surface area contributed by atoms with E-state index in [0.29, 0.717) is 37.9 Å². The molecular weight excluding hydrogens is 288 g/mol. The van der Waals surface area contributed by atoms with E-state index in [0.717, 1.165) is 6.42 Å². The van der Waals surface area contributed by atoms with Crippen molar-refractivity contribution in [2.45, 2.75) is 32.1 Å². The second-order valence-corrected chi connectivity index (χ2v) is 7.02. The third-order valence-electron chi connectivity index (χ3n) is 2.73. The van der Waals surface area contributed by atoms with Gasteiger partial charge in [0.15, 0.2) is 0 Å². The number of benzene rings is 1. The first-order valence-electron chi connectivity index (χ1n) is 7.37. The number of hydrogen-bond acceptors (Lipinski definition) is 4. The normalized spacial score (nSPS) is 11.8. The van der Waals surface area contributed by atoms with E-state index in [9.17, 15) is 8.42 Å². The molecule has 6 heteroatoms. The largest absolute Gasteiger partial charge is 0.382 e. The van der Waals surface area contributed by atoms with Gasteiger partial charge in [0.25, 0.3) is 0 Å². The lowest BCUT2D eigenvalue weighted by molar-refractivity contribution is 0.118. The van der Waals surface area contributed by atoms with Crippen molar-refractivity contribution in [1.29, 1.82) is 0 Å². The first-order chi connectivity index (χ1) is 9.97. The molecule has 0 heterocycles. The summed E-state index contributed by atoms with van der Waals surface area (Å²) in [4.78, 5) is 0.280. The second kappa shape index (κ2) is 9.02. The Morgan fingerprint density at radius 3 is 2.57 bits per heavy atom. The fourth-order valence-electron chi connectivity index (χ4n) is 1.74. The number of anilines is 1. The first kappa shape index (κ1) is 17.9. The van der Waals surface area contributed by atoms with Gasteiger partial charge in [0, 0.05) is 19.7 Å². The molecule has 0 bridgehead atoms. The van der Waals surface area contributed by atoms with Crippen molar-refractivity contribution >= 4 is 15.7 Å². The average molecular weight is 314 g/mol. The van der Waals surface area contributed by atoms with E-state index in [2.05, 4.69) is 23.9 Å². The summed E-state index contributed by atoms with van der Waals surface area (Å²) in [6.07, 6.45) is 0.762. The van der Waals surface area contributed by atoms with Crippen LogP contribution in [0.25, 0.3) is 0 Å². The van der Waals surface area contributed by atoms with Gasteiger partial charge >= 0.3 is 0 Å². The third kappa shape index (κ3) is 6.46. The van der Waals surface area contributed by atoms with Crippen LogP contribution in [0.2, 0.25) is 0 Å². The Kier molecular flexibility index (Phi) is 7.71. The van der Waals surface area contributed by atoms with Gasteiger partial charge in [-0.15, -0.1) is 0 Å². The van der Waals surface area contributed by atoms with Crippen LogP contribution in [0, 0.1) is 5.92 Å². The van der Waals surface area contributed by atoms with Gasteiger partial charge in [-0.05, 0) is 24.5 Å². The summed E-state index contributed by atoms with van der Waals surface area (Å²) < 4.78 is 32.5. The van der Waals surface area contributed by atoms with Crippen LogP contribution >= 0.6 is 0 Å². The molecule has 0 spiro atoms. The maximum absolute atomic E-state index is 12.2. The molecule has 0 saturated carbocycles. The van der Waals surface area contributed by atoms with E-state index in [1.807, 2.05) is 13.0 Å². The van der Waals surface area contributed by atoms with Crippen molar-refractivity contribution in [1.82, 2.24) is 4.72 Å². The van der Waals surface area contributed by atoms with Gasteiger partial charge in [-0.2, -0.15) is 0 Å². The summed E-state index contributed by atoms with van der Waals surface area (Å²) in [5.74, 6) is 0.496. The minimum Gasteiger partial charge on any atom is -0.382 e. The molecule has 1 aromatic rings. The van der Waals surface area contributed by atoms with Crippen LogP contribution < -0.4 is 10.0 Å². The molecule has 0 radical (unpaired) electrons. The first-order valence-corrected chi connectivity index (χ1v) is 8.86. The van der Waals surface area contributed by atoms with Gasteiger partial charge in [0.1, 0.15) is 4.90 Å². The predicted molar refractivity (Wildman–Crippen MR) is 86.1 cm³/mol.